The molecule has 3 fully saturated rings. The number of carbonyl (C=O) groups is 2. The number of nitrogens with one attached hydrogen (secondary N) is 1. The first-order valence-electron chi connectivity index (χ1n) is 11.0. The SMILES string of the molecule is CS(=O)(=O)c1cncc(C(=O)N2C[C@H]3C[C@H]3[C@@H]2C(=O)NC(c2cc(F)c(Cl)cc2F)C2CC2)c1. The molecule has 2 aromatic rings. The smallest absolute Gasteiger partial charge is 0.256 e. The molecule has 34 heavy (non-hydrogen) atoms. The van der Waals surface area contributed by atoms with Gasteiger partial charge in [-0.15, -0.1) is 0 Å². The topological polar surface area (TPSA) is 96.4 Å². The Morgan fingerprint density at radius 1 is 1.18 bits per heavy atom. The number of amides is 2. The average Bonchev–Trinajstić information content (AvgIpc) is 3.71. The van der Waals surface area contributed by atoms with Gasteiger partial charge >= 0.3 is 0 Å². The monoisotopic (exact) mass is 509 g/mol. The Bertz CT molecular complexity index is 1300. The molecule has 1 N–H and O–H groups in total. The minimum atomic E-state index is -3.56. The second-order valence-corrected chi connectivity index (χ2v) is 11.8. The van der Waals surface area contributed by atoms with E-state index < -0.39 is 45.4 Å². The average molecular weight is 510 g/mol. The molecule has 1 unspecified atom stereocenters. The van der Waals surface area contributed by atoms with Gasteiger partial charge in [-0.2, -0.15) is 0 Å². The number of aromatic nitrogens is 1. The number of pyridine rings is 1. The summed E-state index contributed by atoms with van der Waals surface area (Å²) in [5, 5.41) is 2.53. The van der Waals surface area contributed by atoms with Gasteiger partial charge in [0.05, 0.1) is 21.5 Å². The Morgan fingerprint density at radius 3 is 2.59 bits per heavy atom. The highest BCUT2D eigenvalue weighted by atomic mass is 35.5. The highest BCUT2D eigenvalue weighted by molar-refractivity contribution is 7.90. The predicted octanol–water partition coefficient (Wildman–Crippen LogP) is 3.14. The Labute approximate surface area is 200 Å². The molecule has 5 rings (SSSR count). The van der Waals surface area contributed by atoms with Crippen molar-refractivity contribution in [3.63, 3.8) is 0 Å². The van der Waals surface area contributed by atoms with E-state index in [-0.39, 0.29) is 38.8 Å². The number of benzene rings is 1. The molecule has 2 saturated carbocycles. The highest BCUT2D eigenvalue weighted by Gasteiger charge is 2.57. The summed E-state index contributed by atoms with van der Waals surface area (Å²) in [6.45, 7) is 0.364. The Morgan fingerprint density at radius 2 is 1.91 bits per heavy atom. The molecular formula is C23H22ClF2N3O4S. The van der Waals surface area contributed by atoms with Crippen LogP contribution in [0.4, 0.5) is 8.78 Å². The molecule has 2 aliphatic carbocycles. The molecule has 1 saturated heterocycles. The van der Waals surface area contributed by atoms with Crippen molar-refractivity contribution in [1.29, 1.82) is 0 Å². The van der Waals surface area contributed by atoms with Crippen LogP contribution in [0.2, 0.25) is 5.02 Å². The van der Waals surface area contributed by atoms with Crippen LogP contribution >= 0.6 is 11.6 Å². The minimum Gasteiger partial charge on any atom is -0.347 e. The maximum absolute atomic E-state index is 14.6. The van der Waals surface area contributed by atoms with Crippen molar-refractivity contribution in [3.8, 4) is 0 Å². The van der Waals surface area contributed by atoms with E-state index in [4.69, 9.17) is 11.6 Å². The van der Waals surface area contributed by atoms with Crippen molar-refractivity contribution in [2.75, 3.05) is 12.8 Å². The standard InChI is InChI=1S/C23H22ClF2N3O4S/c1-34(32,33)14-4-12(8-27-9-14)23(31)29-10-13-5-15(13)21(29)22(30)28-20(11-2-3-11)16-6-19(26)17(24)7-18(16)25/h4,6-9,11,13,15,20-21H,2-3,5,10H2,1H3,(H,28,30)/t13-,15-,20?,21-/m1/s1. The van der Waals surface area contributed by atoms with Crippen LogP contribution in [0.25, 0.3) is 0 Å². The molecule has 2 heterocycles. The number of sulfone groups is 1. The second-order valence-electron chi connectivity index (χ2n) is 9.35. The Kier molecular flexibility index (Phi) is 5.63. The van der Waals surface area contributed by atoms with Gasteiger partial charge in [0.2, 0.25) is 5.91 Å². The lowest BCUT2D eigenvalue weighted by molar-refractivity contribution is -0.126. The van der Waals surface area contributed by atoms with Gasteiger partial charge in [0.1, 0.15) is 17.7 Å². The Hall–Kier alpha value is -2.59. The number of halogens is 3. The van der Waals surface area contributed by atoms with Crippen molar-refractivity contribution >= 4 is 33.3 Å². The van der Waals surface area contributed by atoms with E-state index >= 15 is 0 Å². The van der Waals surface area contributed by atoms with Crippen molar-refractivity contribution < 1.29 is 26.8 Å². The zero-order valence-corrected chi connectivity index (χ0v) is 19.7. The molecule has 180 valence electrons. The molecular weight excluding hydrogens is 488 g/mol. The van der Waals surface area contributed by atoms with Crippen molar-refractivity contribution in [3.05, 3.63) is 58.4 Å². The van der Waals surface area contributed by atoms with Crippen LogP contribution in [0.3, 0.4) is 0 Å². The molecule has 7 nitrogen and oxygen atoms in total. The van der Waals surface area contributed by atoms with E-state index in [1.807, 2.05) is 0 Å². The molecule has 3 aliphatic rings. The number of hydrogen-bond acceptors (Lipinski definition) is 5. The van der Waals surface area contributed by atoms with Gasteiger partial charge in [0.25, 0.3) is 5.91 Å². The zero-order chi connectivity index (χ0) is 24.4. The summed E-state index contributed by atoms with van der Waals surface area (Å²) in [6.07, 6.45) is 5.78. The number of likely N-dealkylation sites (tertiary alicyclic amines) is 1. The predicted molar refractivity (Wildman–Crippen MR) is 119 cm³/mol. The number of piperidine rings is 1. The second kappa shape index (κ2) is 8.27. The summed E-state index contributed by atoms with van der Waals surface area (Å²) in [7, 11) is -3.56. The van der Waals surface area contributed by atoms with Gasteiger partial charge in [-0.05, 0) is 55.2 Å². The summed E-state index contributed by atoms with van der Waals surface area (Å²) in [6, 6.07) is 1.66. The molecule has 0 radical (unpaired) electrons. The maximum Gasteiger partial charge on any atom is 0.256 e. The van der Waals surface area contributed by atoms with Crippen LogP contribution in [-0.4, -0.2) is 49.0 Å². The lowest BCUT2D eigenvalue weighted by Crippen LogP contribution is -2.49. The lowest BCUT2D eigenvalue weighted by Gasteiger charge is -2.29. The van der Waals surface area contributed by atoms with Gasteiger partial charge in [-0.1, -0.05) is 11.6 Å². The van der Waals surface area contributed by atoms with Crippen molar-refractivity contribution in [2.45, 2.75) is 36.2 Å². The maximum atomic E-state index is 14.6. The summed E-state index contributed by atoms with van der Waals surface area (Å²) in [4.78, 5) is 31.8. The van der Waals surface area contributed by atoms with Crippen molar-refractivity contribution in [1.82, 2.24) is 15.2 Å². The van der Waals surface area contributed by atoms with E-state index in [9.17, 15) is 26.8 Å². The molecule has 4 atom stereocenters. The van der Waals surface area contributed by atoms with Gasteiger partial charge in [-0.25, -0.2) is 17.2 Å². The number of rotatable bonds is 6. The van der Waals surface area contributed by atoms with Crippen LogP contribution in [0.1, 0.15) is 41.2 Å². The molecule has 1 aliphatic heterocycles. The largest absolute Gasteiger partial charge is 0.347 e. The lowest BCUT2D eigenvalue weighted by atomic mass is 10.00. The zero-order valence-electron chi connectivity index (χ0n) is 18.2. The van der Waals surface area contributed by atoms with E-state index in [0.717, 1.165) is 43.8 Å². The summed E-state index contributed by atoms with van der Waals surface area (Å²) in [5.41, 5.74) is 0.109. The number of nitrogens with zero attached hydrogens (tertiary/aromatic N) is 2. The fraction of sp³-hybridized carbons (Fsp3) is 0.435. The van der Waals surface area contributed by atoms with Crippen LogP contribution < -0.4 is 5.32 Å². The molecule has 1 aromatic heterocycles. The first-order valence-corrected chi connectivity index (χ1v) is 13.2. The fourth-order valence-electron chi connectivity index (χ4n) is 4.81. The minimum absolute atomic E-state index is 0.0262. The molecule has 0 spiro atoms. The van der Waals surface area contributed by atoms with Crippen molar-refractivity contribution in [2.24, 2.45) is 17.8 Å². The normalized spacial score (nSPS) is 24.5. The summed E-state index contributed by atoms with van der Waals surface area (Å²) < 4.78 is 52.4. The summed E-state index contributed by atoms with van der Waals surface area (Å²) in [5.74, 6) is -2.27. The van der Waals surface area contributed by atoms with Crippen LogP contribution in [-0.2, 0) is 14.6 Å². The quantitative estimate of drug-likeness (QED) is 0.603. The van der Waals surface area contributed by atoms with E-state index in [1.165, 1.54) is 17.2 Å². The van der Waals surface area contributed by atoms with E-state index in [0.29, 0.717) is 6.54 Å². The third-order valence-corrected chi connectivity index (χ3v) is 8.20. The third kappa shape index (κ3) is 4.29. The number of fused-ring (bicyclic) bond motifs is 1. The number of hydrogen-bond donors (Lipinski definition) is 1. The third-order valence-electron chi connectivity index (χ3n) is 6.83. The molecule has 1 aromatic carbocycles. The van der Waals surface area contributed by atoms with Crippen LogP contribution in [0.5, 0.6) is 0 Å². The van der Waals surface area contributed by atoms with Crippen LogP contribution in [0.15, 0.2) is 35.5 Å². The van der Waals surface area contributed by atoms with Gasteiger partial charge in [-0.3, -0.25) is 14.6 Å². The number of carbonyl (C=O) groups excluding carboxylic acids is 2. The van der Waals surface area contributed by atoms with Gasteiger partial charge in [0.15, 0.2) is 9.84 Å². The molecule has 11 heteroatoms. The first kappa shape index (κ1) is 23.2. The molecule has 0 bridgehead atoms. The highest BCUT2D eigenvalue weighted by Crippen LogP contribution is 2.50. The van der Waals surface area contributed by atoms with Gasteiger partial charge in [0, 0.05) is 30.8 Å². The fourth-order valence-corrected chi connectivity index (χ4v) is 5.55. The summed E-state index contributed by atoms with van der Waals surface area (Å²) >= 11 is 5.68. The van der Waals surface area contributed by atoms with Gasteiger partial charge < -0.3 is 10.2 Å². The Balaban J connectivity index is 1.40. The van der Waals surface area contributed by atoms with Crippen LogP contribution in [0, 0.1) is 29.4 Å². The first-order chi connectivity index (χ1) is 16.0. The van der Waals surface area contributed by atoms with E-state index in [2.05, 4.69) is 10.3 Å². The molecule has 2 amide bonds. The van der Waals surface area contributed by atoms with E-state index in [1.54, 1.807) is 0 Å².